The SMILES string of the molecule is CNc1cc(C)ccc1C(=O)N(C)CC1CCN(C)C1. The predicted octanol–water partition coefficient (Wildman–Crippen LogP) is 2.06. The van der Waals surface area contributed by atoms with Crippen LogP contribution in [0.3, 0.4) is 0 Å². The molecule has 1 unspecified atom stereocenters. The fourth-order valence-electron chi connectivity index (χ4n) is 2.90. The Morgan fingerprint density at radius 1 is 1.50 bits per heavy atom. The zero-order valence-electron chi connectivity index (χ0n) is 12.9. The Morgan fingerprint density at radius 3 is 2.85 bits per heavy atom. The third kappa shape index (κ3) is 3.31. The van der Waals surface area contributed by atoms with Gasteiger partial charge in [0.2, 0.25) is 0 Å². The van der Waals surface area contributed by atoms with Crippen molar-refractivity contribution in [3.05, 3.63) is 29.3 Å². The van der Waals surface area contributed by atoms with Crippen LogP contribution >= 0.6 is 0 Å². The Balaban J connectivity index is 2.06. The second-order valence-electron chi connectivity index (χ2n) is 5.90. The maximum Gasteiger partial charge on any atom is 0.255 e. The summed E-state index contributed by atoms with van der Waals surface area (Å²) in [5.74, 6) is 0.696. The summed E-state index contributed by atoms with van der Waals surface area (Å²) < 4.78 is 0. The summed E-state index contributed by atoms with van der Waals surface area (Å²) in [6, 6.07) is 5.93. The van der Waals surface area contributed by atoms with Gasteiger partial charge in [0.05, 0.1) is 5.56 Å². The van der Waals surface area contributed by atoms with Gasteiger partial charge in [-0.15, -0.1) is 0 Å². The van der Waals surface area contributed by atoms with E-state index in [0.717, 1.165) is 36.4 Å². The van der Waals surface area contributed by atoms with E-state index in [1.807, 2.05) is 44.1 Å². The molecule has 1 aromatic carbocycles. The van der Waals surface area contributed by atoms with Crippen LogP contribution in [0, 0.1) is 12.8 Å². The number of aryl methyl sites for hydroxylation is 1. The van der Waals surface area contributed by atoms with Crippen LogP contribution in [0.15, 0.2) is 18.2 Å². The molecule has 1 fully saturated rings. The molecule has 110 valence electrons. The number of nitrogens with zero attached hydrogens (tertiary/aromatic N) is 2. The van der Waals surface area contributed by atoms with Crippen LogP contribution in [0.1, 0.15) is 22.3 Å². The van der Waals surface area contributed by atoms with Gasteiger partial charge in [-0.2, -0.15) is 0 Å². The second kappa shape index (κ2) is 6.27. The Kier molecular flexibility index (Phi) is 4.65. The van der Waals surface area contributed by atoms with E-state index in [1.54, 1.807) is 0 Å². The first kappa shape index (κ1) is 14.9. The molecule has 20 heavy (non-hydrogen) atoms. The van der Waals surface area contributed by atoms with Crippen LogP contribution in [0.5, 0.6) is 0 Å². The number of anilines is 1. The van der Waals surface area contributed by atoms with Crippen LogP contribution in [0.25, 0.3) is 0 Å². The summed E-state index contributed by atoms with van der Waals surface area (Å²) in [6.45, 7) is 5.09. The van der Waals surface area contributed by atoms with E-state index >= 15 is 0 Å². The molecular weight excluding hydrogens is 250 g/mol. The van der Waals surface area contributed by atoms with Gasteiger partial charge in [-0.3, -0.25) is 4.79 Å². The monoisotopic (exact) mass is 275 g/mol. The molecule has 1 amide bonds. The standard InChI is InChI=1S/C16H25N3O/c1-12-5-6-14(15(9-12)17-2)16(20)19(4)11-13-7-8-18(3)10-13/h5-6,9,13,17H,7-8,10-11H2,1-4H3. The van der Waals surface area contributed by atoms with Crippen LogP contribution in [-0.2, 0) is 0 Å². The molecule has 1 aliphatic heterocycles. The normalized spacial score (nSPS) is 19.1. The van der Waals surface area contributed by atoms with Crippen molar-refractivity contribution in [3.63, 3.8) is 0 Å². The van der Waals surface area contributed by atoms with Gasteiger partial charge in [0, 0.05) is 32.9 Å². The fraction of sp³-hybridized carbons (Fsp3) is 0.562. The lowest BCUT2D eigenvalue weighted by Crippen LogP contribution is -2.33. The van der Waals surface area contributed by atoms with Crippen LogP contribution in [0.2, 0.25) is 0 Å². The molecule has 0 spiro atoms. The van der Waals surface area contributed by atoms with Gasteiger partial charge >= 0.3 is 0 Å². The first-order valence-corrected chi connectivity index (χ1v) is 7.23. The molecular formula is C16H25N3O. The van der Waals surface area contributed by atoms with Crippen molar-refractivity contribution in [1.29, 1.82) is 0 Å². The van der Waals surface area contributed by atoms with Gasteiger partial charge in [-0.25, -0.2) is 0 Å². The van der Waals surface area contributed by atoms with Crippen molar-refractivity contribution in [2.24, 2.45) is 5.92 Å². The minimum Gasteiger partial charge on any atom is -0.387 e. The number of carbonyl (C=O) groups is 1. The molecule has 4 nitrogen and oxygen atoms in total. The summed E-state index contributed by atoms with van der Waals surface area (Å²) in [4.78, 5) is 16.8. The third-order valence-electron chi connectivity index (χ3n) is 4.04. The summed E-state index contributed by atoms with van der Waals surface area (Å²) in [7, 11) is 5.90. The number of hydrogen-bond acceptors (Lipinski definition) is 3. The van der Waals surface area contributed by atoms with E-state index in [0.29, 0.717) is 5.92 Å². The highest BCUT2D eigenvalue weighted by Crippen LogP contribution is 2.21. The highest BCUT2D eigenvalue weighted by Gasteiger charge is 2.23. The molecule has 0 saturated carbocycles. The van der Waals surface area contributed by atoms with Crippen LogP contribution in [0.4, 0.5) is 5.69 Å². The first-order valence-electron chi connectivity index (χ1n) is 7.23. The molecule has 1 aromatic rings. The Bertz CT molecular complexity index is 487. The van der Waals surface area contributed by atoms with Gasteiger partial charge in [-0.05, 0) is 50.6 Å². The van der Waals surface area contributed by atoms with Gasteiger partial charge < -0.3 is 15.1 Å². The summed E-state index contributed by atoms with van der Waals surface area (Å²) in [5.41, 5.74) is 2.82. The average molecular weight is 275 g/mol. The zero-order valence-corrected chi connectivity index (χ0v) is 12.9. The van der Waals surface area contributed by atoms with E-state index in [1.165, 1.54) is 6.42 Å². The van der Waals surface area contributed by atoms with Crippen molar-refractivity contribution < 1.29 is 4.79 Å². The number of nitrogens with one attached hydrogen (secondary N) is 1. The fourth-order valence-corrected chi connectivity index (χ4v) is 2.90. The lowest BCUT2D eigenvalue weighted by atomic mass is 10.1. The van der Waals surface area contributed by atoms with Gasteiger partial charge in [-0.1, -0.05) is 6.07 Å². The van der Waals surface area contributed by atoms with Crippen LogP contribution in [-0.4, -0.2) is 56.5 Å². The van der Waals surface area contributed by atoms with E-state index < -0.39 is 0 Å². The molecule has 2 rings (SSSR count). The predicted molar refractivity (Wildman–Crippen MR) is 83.3 cm³/mol. The topological polar surface area (TPSA) is 35.6 Å². The number of carbonyl (C=O) groups excluding carboxylic acids is 1. The number of benzene rings is 1. The van der Waals surface area contributed by atoms with E-state index in [-0.39, 0.29) is 5.91 Å². The van der Waals surface area contributed by atoms with Crippen molar-refractivity contribution in [1.82, 2.24) is 9.80 Å². The van der Waals surface area contributed by atoms with Gasteiger partial charge in [0.15, 0.2) is 0 Å². The maximum atomic E-state index is 12.6. The lowest BCUT2D eigenvalue weighted by Gasteiger charge is -2.22. The molecule has 0 bridgehead atoms. The largest absolute Gasteiger partial charge is 0.387 e. The Morgan fingerprint density at radius 2 is 2.25 bits per heavy atom. The van der Waals surface area contributed by atoms with E-state index in [2.05, 4.69) is 17.3 Å². The second-order valence-corrected chi connectivity index (χ2v) is 5.90. The highest BCUT2D eigenvalue weighted by molar-refractivity contribution is 5.99. The zero-order chi connectivity index (χ0) is 14.7. The smallest absolute Gasteiger partial charge is 0.255 e. The summed E-state index contributed by atoms with van der Waals surface area (Å²) in [6.07, 6.45) is 1.18. The van der Waals surface area contributed by atoms with Crippen molar-refractivity contribution in [2.75, 3.05) is 46.1 Å². The molecule has 0 aromatic heterocycles. The highest BCUT2D eigenvalue weighted by atomic mass is 16.2. The molecule has 0 aliphatic carbocycles. The molecule has 1 heterocycles. The molecule has 1 N–H and O–H groups in total. The number of rotatable bonds is 4. The average Bonchev–Trinajstić information content (AvgIpc) is 2.83. The van der Waals surface area contributed by atoms with E-state index in [4.69, 9.17) is 0 Å². The van der Waals surface area contributed by atoms with Gasteiger partial charge in [0.25, 0.3) is 5.91 Å². The van der Waals surface area contributed by atoms with E-state index in [9.17, 15) is 4.79 Å². The summed E-state index contributed by atoms with van der Waals surface area (Å²) in [5, 5.41) is 3.12. The molecule has 1 saturated heterocycles. The molecule has 0 radical (unpaired) electrons. The third-order valence-corrected chi connectivity index (χ3v) is 4.04. The van der Waals surface area contributed by atoms with Crippen molar-refractivity contribution in [2.45, 2.75) is 13.3 Å². The summed E-state index contributed by atoms with van der Waals surface area (Å²) >= 11 is 0. The van der Waals surface area contributed by atoms with Crippen molar-refractivity contribution >= 4 is 11.6 Å². The Labute approximate surface area is 121 Å². The van der Waals surface area contributed by atoms with Gasteiger partial charge in [0.1, 0.15) is 0 Å². The van der Waals surface area contributed by atoms with Crippen LogP contribution < -0.4 is 5.32 Å². The quantitative estimate of drug-likeness (QED) is 0.913. The number of hydrogen-bond donors (Lipinski definition) is 1. The lowest BCUT2D eigenvalue weighted by molar-refractivity contribution is 0.0775. The first-order chi connectivity index (χ1) is 9.51. The molecule has 4 heteroatoms. The van der Waals surface area contributed by atoms with Crippen molar-refractivity contribution in [3.8, 4) is 0 Å². The maximum absolute atomic E-state index is 12.6. The number of likely N-dealkylation sites (tertiary alicyclic amines) is 1. The minimum absolute atomic E-state index is 0.101. The molecule has 1 aliphatic rings. The number of amides is 1. The Hall–Kier alpha value is -1.55. The minimum atomic E-state index is 0.101. The molecule has 1 atom stereocenters.